The minimum atomic E-state index is -0.351. The van der Waals surface area contributed by atoms with Crippen molar-refractivity contribution in [2.75, 3.05) is 31.1 Å². The van der Waals surface area contributed by atoms with Crippen molar-refractivity contribution in [2.45, 2.75) is 52.9 Å². The highest BCUT2D eigenvalue weighted by Crippen LogP contribution is 2.26. The molecule has 1 amide bonds. The van der Waals surface area contributed by atoms with Crippen molar-refractivity contribution in [3.8, 4) is 0 Å². The number of anilines is 1. The summed E-state index contributed by atoms with van der Waals surface area (Å²) in [5.74, 6) is -0.161. The van der Waals surface area contributed by atoms with Crippen LogP contribution in [0, 0.1) is 12.7 Å². The van der Waals surface area contributed by atoms with Crippen molar-refractivity contribution in [3.63, 3.8) is 0 Å². The van der Waals surface area contributed by atoms with E-state index in [0.717, 1.165) is 24.8 Å². The van der Waals surface area contributed by atoms with Crippen LogP contribution in [0.5, 0.6) is 0 Å². The summed E-state index contributed by atoms with van der Waals surface area (Å²) in [6, 6.07) is 3.15. The molecule has 1 aliphatic rings. The van der Waals surface area contributed by atoms with Gasteiger partial charge in [0.1, 0.15) is 5.82 Å². The van der Waals surface area contributed by atoms with Crippen LogP contribution in [-0.4, -0.2) is 42.8 Å². The molecule has 0 unspecified atom stereocenters. The number of carbonyl (C=O) groups is 2. The van der Waals surface area contributed by atoms with E-state index in [2.05, 4.69) is 6.92 Å². The molecule has 2 rings (SSSR count). The lowest BCUT2D eigenvalue weighted by Crippen LogP contribution is -2.49. The smallest absolute Gasteiger partial charge is 0.222 e. The van der Waals surface area contributed by atoms with Crippen LogP contribution < -0.4 is 4.90 Å². The van der Waals surface area contributed by atoms with Crippen molar-refractivity contribution < 1.29 is 14.0 Å². The average molecular weight is 348 g/mol. The maximum atomic E-state index is 14.6. The van der Waals surface area contributed by atoms with Gasteiger partial charge >= 0.3 is 0 Å². The van der Waals surface area contributed by atoms with Gasteiger partial charge in [0.2, 0.25) is 5.91 Å². The van der Waals surface area contributed by atoms with Gasteiger partial charge in [-0.1, -0.05) is 20.3 Å². The predicted molar refractivity (Wildman–Crippen MR) is 98.7 cm³/mol. The number of unbranched alkanes of at least 4 members (excludes halogenated alkanes) is 1. The predicted octanol–water partition coefficient (Wildman–Crippen LogP) is 3.96. The van der Waals surface area contributed by atoms with E-state index in [-0.39, 0.29) is 17.5 Å². The largest absolute Gasteiger partial charge is 0.366 e. The fourth-order valence-corrected chi connectivity index (χ4v) is 3.25. The standard InChI is InChI=1S/C20H29FN2O2/c1-4-6-8-20(25)23-11-9-22(10-12-23)18-13-15(3)16(14-17(18)21)19(24)7-5-2/h13-14H,4-12H2,1-3H3. The Balaban J connectivity index is 2.05. The molecule has 0 radical (unpaired) electrons. The first-order chi connectivity index (χ1) is 12.0. The summed E-state index contributed by atoms with van der Waals surface area (Å²) in [5, 5.41) is 0. The van der Waals surface area contributed by atoms with E-state index in [1.54, 1.807) is 6.07 Å². The number of nitrogens with zero attached hydrogens (tertiary/aromatic N) is 2. The number of aryl methyl sites for hydroxylation is 1. The number of halogens is 1. The van der Waals surface area contributed by atoms with Crippen molar-refractivity contribution in [1.29, 1.82) is 0 Å². The highest BCUT2D eigenvalue weighted by Gasteiger charge is 2.23. The molecule has 138 valence electrons. The van der Waals surface area contributed by atoms with Gasteiger partial charge in [-0.2, -0.15) is 0 Å². The zero-order chi connectivity index (χ0) is 18.4. The number of rotatable bonds is 7. The van der Waals surface area contributed by atoms with Crippen molar-refractivity contribution in [2.24, 2.45) is 0 Å². The second-order valence-corrected chi connectivity index (χ2v) is 6.76. The van der Waals surface area contributed by atoms with Crippen LogP contribution in [-0.2, 0) is 4.79 Å². The van der Waals surface area contributed by atoms with Crippen LogP contribution in [0.15, 0.2) is 12.1 Å². The Bertz CT molecular complexity index is 622. The molecule has 0 N–H and O–H groups in total. The summed E-state index contributed by atoms with van der Waals surface area (Å²) in [5.41, 5.74) is 1.83. The first-order valence-electron chi connectivity index (χ1n) is 9.34. The van der Waals surface area contributed by atoms with E-state index >= 15 is 0 Å². The summed E-state index contributed by atoms with van der Waals surface area (Å²) < 4.78 is 14.6. The number of hydrogen-bond donors (Lipinski definition) is 0. The molecule has 0 aliphatic carbocycles. The van der Waals surface area contributed by atoms with Crippen molar-refractivity contribution in [3.05, 3.63) is 29.1 Å². The molecular formula is C20H29FN2O2. The average Bonchev–Trinajstić information content (AvgIpc) is 2.61. The Morgan fingerprint density at radius 3 is 2.32 bits per heavy atom. The highest BCUT2D eigenvalue weighted by atomic mass is 19.1. The van der Waals surface area contributed by atoms with Crippen LogP contribution in [0.25, 0.3) is 0 Å². The Labute approximate surface area is 150 Å². The summed E-state index contributed by atoms with van der Waals surface area (Å²) in [6.45, 7) is 8.36. The van der Waals surface area contributed by atoms with Crippen molar-refractivity contribution >= 4 is 17.4 Å². The summed E-state index contributed by atoms with van der Waals surface area (Å²) in [4.78, 5) is 28.0. The topological polar surface area (TPSA) is 40.6 Å². The van der Waals surface area contributed by atoms with Gasteiger partial charge in [0, 0.05) is 44.6 Å². The van der Waals surface area contributed by atoms with E-state index in [1.165, 1.54) is 6.07 Å². The van der Waals surface area contributed by atoms with Crippen molar-refractivity contribution in [1.82, 2.24) is 4.90 Å². The molecule has 0 bridgehead atoms. The lowest BCUT2D eigenvalue weighted by molar-refractivity contribution is -0.131. The summed E-state index contributed by atoms with van der Waals surface area (Å²) >= 11 is 0. The third-order valence-corrected chi connectivity index (χ3v) is 4.79. The molecule has 1 fully saturated rings. The lowest BCUT2D eigenvalue weighted by Gasteiger charge is -2.36. The second-order valence-electron chi connectivity index (χ2n) is 6.76. The van der Waals surface area contributed by atoms with Gasteiger partial charge in [-0.15, -0.1) is 0 Å². The molecule has 1 aromatic rings. The maximum absolute atomic E-state index is 14.6. The number of carbonyl (C=O) groups excluding carboxylic acids is 2. The highest BCUT2D eigenvalue weighted by molar-refractivity contribution is 5.97. The van der Waals surface area contributed by atoms with E-state index < -0.39 is 0 Å². The first kappa shape index (κ1) is 19.4. The molecule has 1 aromatic carbocycles. The summed E-state index contributed by atoms with van der Waals surface area (Å²) in [7, 11) is 0. The Morgan fingerprint density at radius 2 is 1.72 bits per heavy atom. The number of Topliss-reactive ketones (excluding diaryl/α,β-unsaturated/α-hetero) is 1. The zero-order valence-electron chi connectivity index (χ0n) is 15.6. The van der Waals surface area contributed by atoms with Gasteiger partial charge in [-0.25, -0.2) is 4.39 Å². The molecule has 0 atom stereocenters. The van der Waals surface area contributed by atoms with Crippen LogP contribution in [0.2, 0.25) is 0 Å². The van der Waals surface area contributed by atoms with Crippen LogP contribution in [0.4, 0.5) is 10.1 Å². The van der Waals surface area contributed by atoms with Crippen LogP contribution in [0.1, 0.15) is 61.9 Å². The first-order valence-corrected chi connectivity index (χ1v) is 9.34. The molecule has 4 nitrogen and oxygen atoms in total. The third kappa shape index (κ3) is 4.80. The Kier molecular flexibility index (Phi) is 6.97. The molecule has 1 saturated heterocycles. The number of piperazine rings is 1. The molecule has 1 heterocycles. The second kappa shape index (κ2) is 8.97. The molecule has 5 heteroatoms. The minimum Gasteiger partial charge on any atom is -0.366 e. The van der Waals surface area contributed by atoms with Gasteiger partial charge in [0.05, 0.1) is 5.69 Å². The molecule has 25 heavy (non-hydrogen) atoms. The molecule has 0 spiro atoms. The fraction of sp³-hybridized carbons (Fsp3) is 0.600. The molecule has 1 aliphatic heterocycles. The number of ketones is 1. The fourth-order valence-electron chi connectivity index (χ4n) is 3.25. The van der Waals surface area contributed by atoms with E-state index in [1.807, 2.05) is 23.6 Å². The van der Waals surface area contributed by atoms with Gasteiger partial charge in [0.25, 0.3) is 0 Å². The molecular weight excluding hydrogens is 319 g/mol. The van der Waals surface area contributed by atoms with Gasteiger partial charge in [-0.05, 0) is 37.5 Å². The minimum absolute atomic E-state index is 0.00297. The molecule has 0 saturated carbocycles. The number of benzene rings is 1. The van der Waals surface area contributed by atoms with Gasteiger partial charge in [0.15, 0.2) is 5.78 Å². The van der Waals surface area contributed by atoms with Gasteiger partial charge < -0.3 is 9.80 Å². The van der Waals surface area contributed by atoms with Gasteiger partial charge in [-0.3, -0.25) is 9.59 Å². The van der Waals surface area contributed by atoms with Crippen LogP contribution in [0.3, 0.4) is 0 Å². The SMILES string of the molecule is CCCCC(=O)N1CCN(c2cc(C)c(C(=O)CCC)cc2F)CC1. The molecule has 0 aromatic heterocycles. The van der Waals surface area contributed by atoms with E-state index in [9.17, 15) is 14.0 Å². The third-order valence-electron chi connectivity index (χ3n) is 4.79. The quantitative estimate of drug-likeness (QED) is 0.701. The Morgan fingerprint density at radius 1 is 1.04 bits per heavy atom. The number of hydrogen-bond acceptors (Lipinski definition) is 3. The zero-order valence-corrected chi connectivity index (χ0v) is 15.6. The normalized spacial score (nSPS) is 14.7. The summed E-state index contributed by atoms with van der Waals surface area (Å²) in [6.07, 6.45) is 3.73. The van der Waals surface area contributed by atoms with E-state index in [4.69, 9.17) is 0 Å². The monoisotopic (exact) mass is 348 g/mol. The van der Waals surface area contributed by atoms with Crippen LogP contribution >= 0.6 is 0 Å². The maximum Gasteiger partial charge on any atom is 0.222 e. The van der Waals surface area contributed by atoms with E-state index in [0.29, 0.717) is 50.3 Å². The lowest BCUT2D eigenvalue weighted by atomic mass is 10.00. The number of amides is 1. The Hall–Kier alpha value is -1.91.